The number of esters is 10. The predicted molar refractivity (Wildman–Crippen MR) is 693 cm³/mol. The van der Waals surface area contributed by atoms with E-state index >= 15 is 0 Å². The summed E-state index contributed by atoms with van der Waals surface area (Å²) in [6, 6.07) is 0. The second-order valence-corrected chi connectivity index (χ2v) is 49.5. The number of thiol groups is 15. The summed E-state index contributed by atoms with van der Waals surface area (Å²) in [5.41, 5.74) is 0.380. The molecule has 0 aromatic carbocycles. The number of ether oxygens (including phenoxy) is 10. The Hall–Kier alpha value is 2.79. The smallest absolute Gasteiger partial charge is 0.337 e. The molecule has 0 amide bonds. The first-order chi connectivity index (χ1) is 70.3. The molecule has 874 valence electrons. The fourth-order valence-electron chi connectivity index (χ4n) is 7.67. The van der Waals surface area contributed by atoms with Gasteiger partial charge in [-0.25, -0.2) is 9.59 Å². The van der Waals surface area contributed by atoms with Crippen LogP contribution in [0.5, 0.6) is 0 Å². The van der Waals surface area contributed by atoms with Crippen LogP contribution >= 0.6 is 331 Å². The zero-order valence-corrected chi connectivity index (χ0v) is 109. The van der Waals surface area contributed by atoms with Crippen LogP contribution in [-0.4, -0.2) is 427 Å². The highest BCUT2D eigenvalue weighted by atomic mass is 32.2. The third kappa shape index (κ3) is 141. The van der Waals surface area contributed by atoms with Crippen molar-refractivity contribution in [3.05, 3.63) is 50.5 Å². The standard InChI is InChI=1S/C14H28O6S4.C14H28O6S3.C12H24O2S4.C11H22O2S4.C10H20O2S4.C9H18O2S4.C6H12O2S2.C6H8O2.C5H10O2S2.C5H6O2/c1-9(6-24-8-13(18)11(16)5-22)14(19)20-2-3-23-7-12(17)10(15)4-21;1-2-10(15)12(17)8-23-6-4-20-14(19)3-5-22-9-13(18)11(16)7-21;1-11(10-18-8-3-6-16)12(13)14-4-9-17-7-2-5-15;12-11(3-9-16-7-1-5-14)13-4-10-17-8-2-6-15;1-9(8-16-7-4-14)10(11)12-2-5-15-6-3-13;10-9(1-5-14-7-3-12)11-2-6-15-8-4-13;1-5(4-10)6(7)8-2-3-9;1-4-8-6(7)5(2)3;6-5(1-3-8)7-2-4-9;1-3-5(6)7-4-2/h9-13,15-18,21-22H,2-8H2,1H3;10-13,15-18,21H,2-9H2,1H3;11,15-16H,2-10H2,1H3;14-15H,1-10H2;9,13-14H,2-8H2,1H3;12-13H,1-8H2;5,9-10H,2-4H2,1H3;4H,1-2H2,3H3;8-9H,1-4H2;3-4H,1-2H2. The number of thioether (sulfide) groups is 12. The molecule has 0 aliphatic carbocycles. The van der Waals surface area contributed by atoms with E-state index in [1.54, 1.807) is 98.3 Å². The molecule has 0 heterocycles. The maximum Gasteiger partial charge on any atom is 0.337 e. The number of aliphatic hydroxyl groups is 8. The summed E-state index contributed by atoms with van der Waals surface area (Å²) in [6.07, 6.45) is 3.25. The van der Waals surface area contributed by atoms with Crippen LogP contribution in [0.25, 0.3) is 0 Å². The lowest BCUT2D eigenvalue weighted by molar-refractivity contribution is -0.147. The number of hydrogen-bond donors (Lipinski definition) is 23. The Bertz CT molecular complexity index is 3000. The highest BCUT2D eigenvalue weighted by molar-refractivity contribution is 8.02. The van der Waals surface area contributed by atoms with E-state index in [4.69, 9.17) is 33.2 Å². The van der Waals surface area contributed by atoms with Crippen LogP contribution in [0.2, 0.25) is 0 Å². The average Bonchev–Trinajstić information content (AvgIpc) is 0.929. The van der Waals surface area contributed by atoms with Gasteiger partial charge in [-0.15, -0.1) is 0 Å². The Balaban J connectivity index is -0.000000181. The molecule has 0 fully saturated rings. The molecule has 0 bridgehead atoms. The lowest BCUT2D eigenvalue weighted by Gasteiger charge is -2.17. The molecule has 8 N–H and O–H groups in total. The Morgan fingerprint density at radius 3 is 0.816 bits per heavy atom. The largest absolute Gasteiger partial charge is 0.465 e. The molecule has 0 radical (unpaired) electrons. The summed E-state index contributed by atoms with van der Waals surface area (Å²) < 4.78 is 48.7. The molecule has 0 aliphatic heterocycles. The molecule has 12 atom stereocenters. The van der Waals surface area contributed by atoms with Gasteiger partial charge in [0, 0.05) is 167 Å². The first-order valence-corrected chi connectivity index (χ1v) is 70.4. The van der Waals surface area contributed by atoms with Gasteiger partial charge in [0.25, 0.3) is 0 Å². The number of hydrogen-bond acceptors (Lipinski definition) is 55. The molecule has 0 spiro atoms. The maximum atomic E-state index is 11.8. The number of aliphatic hydroxyl groups excluding tert-OH is 8. The van der Waals surface area contributed by atoms with Gasteiger partial charge in [-0.1, -0.05) is 60.9 Å². The average molecular weight is 2600 g/mol. The highest BCUT2D eigenvalue weighted by Crippen LogP contribution is 2.19. The van der Waals surface area contributed by atoms with E-state index < -0.39 is 60.8 Å². The Morgan fingerprint density at radius 1 is 0.265 bits per heavy atom. The molecule has 147 heavy (non-hydrogen) atoms. The summed E-state index contributed by atoms with van der Waals surface area (Å²) in [6.45, 7) is 27.0. The summed E-state index contributed by atoms with van der Waals surface area (Å²) >= 11 is 80.0. The van der Waals surface area contributed by atoms with Crippen molar-refractivity contribution < 1.29 is 136 Å². The third-order valence-corrected chi connectivity index (χ3v) is 34.4. The number of carbonyl (C=O) groups is 10. The van der Waals surface area contributed by atoms with Crippen molar-refractivity contribution in [1.29, 1.82) is 0 Å². The van der Waals surface area contributed by atoms with Gasteiger partial charge in [0.15, 0.2) is 0 Å². The fourth-order valence-corrected chi connectivity index (χ4v) is 21.5. The molecule has 0 saturated carbocycles. The molecule has 12 unspecified atom stereocenters. The lowest BCUT2D eigenvalue weighted by atomic mass is 10.2. The van der Waals surface area contributed by atoms with E-state index in [0.29, 0.717) is 140 Å². The van der Waals surface area contributed by atoms with Crippen molar-refractivity contribution in [2.45, 2.75) is 148 Å². The van der Waals surface area contributed by atoms with Crippen LogP contribution < -0.4 is 0 Å². The zero-order chi connectivity index (χ0) is 114. The van der Waals surface area contributed by atoms with Gasteiger partial charge in [-0.05, 0) is 108 Å². The van der Waals surface area contributed by atoms with Crippen molar-refractivity contribution in [2.75, 3.05) is 277 Å². The van der Waals surface area contributed by atoms with E-state index in [1.807, 2.05) is 37.4 Å². The summed E-state index contributed by atoms with van der Waals surface area (Å²) in [5.74, 6) is 26.1. The van der Waals surface area contributed by atoms with E-state index in [0.717, 1.165) is 182 Å². The van der Waals surface area contributed by atoms with E-state index in [1.165, 1.54) is 47.0 Å². The topological polar surface area (TPSA) is 425 Å². The molecule has 0 aliphatic rings. The summed E-state index contributed by atoms with van der Waals surface area (Å²) in [4.78, 5) is 111. The summed E-state index contributed by atoms with van der Waals surface area (Å²) in [5, 5.41) is 75.6. The van der Waals surface area contributed by atoms with Gasteiger partial charge in [0.1, 0.15) is 52.9 Å². The van der Waals surface area contributed by atoms with E-state index in [-0.39, 0.29) is 108 Å². The fraction of sp³-hybridized carbons (Fsp3) is 0.804. The van der Waals surface area contributed by atoms with Gasteiger partial charge in [-0.3, -0.25) is 38.4 Å². The monoisotopic (exact) mass is 2590 g/mol. The lowest BCUT2D eigenvalue weighted by Crippen LogP contribution is -2.30. The van der Waals surface area contributed by atoms with Crippen LogP contribution in [-0.2, 0) is 95.3 Å². The number of carbonyl (C=O) groups excluding carboxylic acids is 10. The molecule has 28 nitrogen and oxygen atoms in total. The van der Waals surface area contributed by atoms with Crippen LogP contribution in [0.1, 0.15) is 99.3 Å². The van der Waals surface area contributed by atoms with Crippen LogP contribution in [0.3, 0.4) is 0 Å². The molecule has 0 aromatic rings. The molecular weight excluding hydrogens is 2420 g/mol. The van der Waals surface area contributed by atoms with Gasteiger partial charge in [0.05, 0.1) is 111 Å². The Morgan fingerprint density at radius 2 is 0.517 bits per heavy atom. The minimum atomic E-state index is -0.864. The first kappa shape index (κ1) is 170. The van der Waals surface area contributed by atoms with Crippen LogP contribution in [0.15, 0.2) is 50.5 Å². The minimum Gasteiger partial charge on any atom is -0.465 e. The van der Waals surface area contributed by atoms with Gasteiger partial charge >= 0.3 is 59.7 Å². The van der Waals surface area contributed by atoms with Crippen molar-refractivity contribution in [3.63, 3.8) is 0 Å². The Kier molecular flexibility index (Phi) is 161. The van der Waals surface area contributed by atoms with Crippen molar-refractivity contribution in [2.24, 2.45) is 23.7 Å². The minimum absolute atomic E-state index is 0.00245. The Labute approximate surface area is 1010 Å². The van der Waals surface area contributed by atoms with Crippen LogP contribution in [0, 0.1) is 23.7 Å². The SMILES string of the molecule is C=COC(=O)C(=C)C.C=COC(=O)C=C.CC(CS)C(=O)OCCS.CC(CSCC(O)C(O)CS)C(=O)OCCSCC(O)C(O)CS.CC(CSCCCS)C(=O)OCCSCCCS.CC(CSCCS)C(=O)OCCSCCS.CCC(O)C(O)CSCCOC(=O)CCSCC(O)C(O)CS.O=C(CCS)OCCS.O=C(CCSCCCS)OCCSCCCS.O=C(CCSCCS)OCCSCCS. The maximum absolute atomic E-state index is 11.8. The van der Waals surface area contributed by atoms with Crippen molar-refractivity contribution in [3.8, 4) is 0 Å². The van der Waals surface area contributed by atoms with Crippen LogP contribution in [0.4, 0.5) is 0 Å². The van der Waals surface area contributed by atoms with Gasteiger partial charge in [-0.2, -0.15) is 331 Å². The molecule has 0 rings (SSSR count). The molecule has 0 aromatic heterocycles. The zero-order valence-electron chi connectivity index (χ0n) is 85.9. The van der Waals surface area contributed by atoms with Crippen molar-refractivity contribution >= 4 is 390 Å². The molecule has 55 heteroatoms. The van der Waals surface area contributed by atoms with E-state index in [9.17, 15) is 88.8 Å². The first-order valence-electron chi connectivity index (χ1n) is 47.0. The van der Waals surface area contributed by atoms with Gasteiger partial charge in [0.2, 0.25) is 0 Å². The normalized spacial score (nSPS) is 12.8. The summed E-state index contributed by atoms with van der Waals surface area (Å²) in [7, 11) is 0. The molecular formula is C92H176O28S27. The molecule has 0 saturated heterocycles. The highest BCUT2D eigenvalue weighted by Gasteiger charge is 2.22. The van der Waals surface area contributed by atoms with Gasteiger partial charge < -0.3 is 88.2 Å². The quantitative estimate of drug-likeness (QED) is 0.00671. The van der Waals surface area contributed by atoms with Crippen molar-refractivity contribution in [1.82, 2.24) is 0 Å². The number of rotatable bonds is 84. The second kappa shape index (κ2) is 139. The third-order valence-electron chi connectivity index (χ3n) is 15.8. The van der Waals surface area contributed by atoms with E-state index in [2.05, 4.69) is 230 Å². The predicted octanol–water partition coefficient (Wildman–Crippen LogP) is 15.1. The second-order valence-electron chi connectivity index (χ2n) is 29.0.